The highest BCUT2D eigenvalue weighted by Crippen LogP contribution is 2.35. The molecule has 0 heterocycles. The number of hydrogen-bond acceptors (Lipinski definition) is 1. The van der Waals surface area contributed by atoms with Crippen LogP contribution in [0.4, 0.5) is 0 Å². The minimum Gasteiger partial charge on any atom is -0.390 e. The maximum Gasteiger partial charge on any atom is 0.0663 e. The van der Waals surface area contributed by atoms with Crippen molar-refractivity contribution >= 4 is 23.2 Å². The molecule has 1 fully saturated rings. The van der Waals surface area contributed by atoms with Crippen LogP contribution in [-0.4, -0.2) is 10.7 Å². The van der Waals surface area contributed by atoms with E-state index in [0.29, 0.717) is 22.4 Å². The molecule has 1 atom stereocenters. The van der Waals surface area contributed by atoms with Crippen molar-refractivity contribution in [3.63, 3.8) is 0 Å². The van der Waals surface area contributed by atoms with Gasteiger partial charge in [0.1, 0.15) is 0 Å². The van der Waals surface area contributed by atoms with E-state index in [0.717, 1.165) is 12.0 Å². The SMILES string of the molecule is CC(O)(Cc1cc(Cl)ccc1Cl)CC1CCC1. The van der Waals surface area contributed by atoms with Gasteiger partial charge in [0.15, 0.2) is 0 Å². The predicted octanol–water partition coefficient (Wildman–Crippen LogP) is 4.48. The van der Waals surface area contributed by atoms with Gasteiger partial charge in [0.05, 0.1) is 5.60 Å². The molecule has 2 rings (SSSR count). The van der Waals surface area contributed by atoms with Crippen LogP contribution in [0.25, 0.3) is 0 Å². The third-order valence-corrected chi connectivity index (χ3v) is 4.14. The van der Waals surface area contributed by atoms with Gasteiger partial charge < -0.3 is 5.11 Å². The highest BCUT2D eigenvalue weighted by molar-refractivity contribution is 6.33. The average molecular weight is 273 g/mol. The fraction of sp³-hybridized carbons (Fsp3) is 0.571. The standard InChI is InChI=1S/C14H18Cl2O/c1-14(17,8-10-3-2-4-10)9-11-7-12(15)5-6-13(11)16/h5-7,10,17H,2-4,8-9H2,1H3. The molecule has 0 amide bonds. The zero-order valence-corrected chi connectivity index (χ0v) is 11.6. The molecule has 0 radical (unpaired) electrons. The summed E-state index contributed by atoms with van der Waals surface area (Å²) in [5, 5.41) is 11.8. The number of halogens is 2. The second-order valence-electron chi connectivity index (χ2n) is 5.41. The van der Waals surface area contributed by atoms with E-state index in [4.69, 9.17) is 23.2 Å². The summed E-state index contributed by atoms with van der Waals surface area (Å²) in [5.41, 5.74) is 0.253. The van der Waals surface area contributed by atoms with Crippen LogP contribution in [0.15, 0.2) is 18.2 Å². The van der Waals surface area contributed by atoms with E-state index in [1.165, 1.54) is 19.3 Å². The lowest BCUT2D eigenvalue weighted by atomic mass is 9.76. The van der Waals surface area contributed by atoms with Crippen LogP contribution < -0.4 is 0 Å². The van der Waals surface area contributed by atoms with Crippen molar-refractivity contribution in [3.8, 4) is 0 Å². The Morgan fingerprint density at radius 1 is 1.35 bits per heavy atom. The lowest BCUT2D eigenvalue weighted by Gasteiger charge is -2.33. The molecule has 0 saturated heterocycles. The Hall–Kier alpha value is -0.240. The van der Waals surface area contributed by atoms with Crippen molar-refractivity contribution in [2.24, 2.45) is 5.92 Å². The second kappa shape index (κ2) is 5.17. The van der Waals surface area contributed by atoms with Crippen molar-refractivity contribution in [2.75, 3.05) is 0 Å². The highest BCUT2D eigenvalue weighted by Gasteiger charge is 2.29. The van der Waals surface area contributed by atoms with E-state index in [-0.39, 0.29) is 0 Å². The van der Waals surface area contributed by atoms with Gasteiger partial charge in [-0.2, -0.15) is 0 Å². The Morgan fingerprint density at radius 2 is 2.06 bits per heavy atom. The summed E-state index contributed by atoms with van der Waals surface area (Å²) >= 11 is 12.1. The Balaban J connectivity index is 2.04. The van der Waals surface area contributed by atoms with E-state index in [2.05, 4.69) is 0 Å². The number of aliphatic hydroxyl groups is 1. The van der Waals surface area contributed by atoms with Crippen LogP contribution in [0.3, 0.4) is 0 Å². The van der Waals surface area contributed by atoms with E-state index in [1.807, 2.05) is 13.0 Å². The number of rotatable bonds is 4. The van der Waals surface area contributed by atoms with E-state index < -0.39 is 5.60 Å². The molecule has 1 nitrogen and oxygen atoms in total. The van der Waals surface area contributed by atoms with Gasteiger partial charge in [0, 0.05) is 16.5 Å². The fourth-order valence-corrected chi connectivity index (χ4v) is 2.86. The van der Waals surface area contributed by atoms with E-state index in [9.17, 15) is 5.11 Å². The lowest BCUT2D eigenvalue weighted by molar-refractivity contribution is 0.0204. The monoisotopic (exact) mass is 272 g/mol. The molecule has 1 unspecified atom stereocenters. The predicted molar refractivity (Wildman–Crippen MR) is 72.7 cm³/mol. The fourth-order valence-electron chi connectivity index (χ4n) is 2.48. The molecule has 0 aliphatic heterocycles. The van der Waals surface area contributed by atoms with Gasteiger partial charge in [-0.05, 0) is 43.0 Å². The second-order valence-corrected chi connectivity index (χ2v) is 6.25. The third-order valence-electron chi connectivity index (χ3n) is 3.53. The Bertz CT molecular complexity index is 397. The molecule has 1 aliphatic carbocycles. The third kappa shape index (κ3) is 3.61. The van der Waals surface area contributed by atoms with E-state index >= 15 is 0 Å². The summed E-state index contributed by atoms with van der Waals surface area (Å²) in [6.45, 7) is 1.89. The maximum atomic E-state index is 10.4. The number of benzene rings is 1. The van der Waals surface area contributed by atoms with Crippen LogP contribution in [-0.2, 0) is 6.42 Å². The Morgan fingerprint density at radius 3 is 2.65 bits per heavy atom. The molecule has 1 aromatic carbocycles. The highest BCUT2D eigenvalue weighted by atomic mass is 35.5. The molecule has 0 spiro atoms. The van der Waals surface area contributed by atoms with Crippen LogP contribution in [0.2, 0.25) is 10.0 Å². The maximum absolute atomic E-state index is 10.4. The minimum atomic E-state index is -0.681. The van der Waals surface area contributed by atoms with Crippen molar-refractivity contribution in [1.82, 2.24) is 0 Å². The Kier molecular flexibility index (Phi) is 4.02. The summed E-state index contributed by atoms with van der Waals surface area (Å²) in [5.74, 6) is 0.683. The topological polar surface area (TPSA) is 20.2 Å². The first-order valence-corrected chi connectivity index (χ1v) is 6.88. The zero-order chi connectivity index (χ0) is 12.5. The molecule has 1 saturated carbocycles. The summed E-state index contributed by atoms with van der Waals surface area (Å²) in [6.07, 6.45) is 5.23. The summed E-state index contributed by atoms with van der Waals surface area (Å²) in [7, 11) is 0. The average Bonchev–Trinajstić information content (AvgIpc) is 2.18. The smallest absolute Gasteiger partial charge is 0.0663 e. The van der Waals surface area contributed by atoms with Crippen LogP contribution in [0.5, 0.6) is 0 Å². The summed E-state index contributed by atoms with van der Waals surface area (Å²) in [6, 6.07) is 5.41. The molecular weight excluding hydrogens is 255 g/mol. The van der Waals surface area contributed by atoms with Crippen LogP contribution in [0, 0.1) is 5.92 Å². The van der Waals surface area contributed by atoms with Gasteiger partial charge in [-0.15, -0.1) is 0 Å². The molecule has 1 aromatic rings. The quantitative estimate of drug-likeness (QED) is 0.857. The first kappa shape index (κ1) is 13.2. The first-order valence-electron chi connectivity index (χ1n) is 6.13. The molecule has 17 heavy (non-hydrogen) atoms. The summed E-state index contributed by atoms with van der Waals surface area (Å²) in [4.78, 5) is 0. The first-order chi connectivity index (χ1) is 7.96. The molecule has 1 aliphatic rings. The number of hydrogen-bond donors (Lipinski definition) is 1. The largest absolute Gasteiger partial charge is 0.390 e. The lowest BCUT2D eigenvalue weighted by Crippen LogP contribution is -2.32. The van der Waals surface area contributed by atoms with Gasteiger partial charge in [-0.3, -0.25) is 0 Å². The van der Waals surface area contributed by atoms with Crippen molar-refractivity contribution in [1.29, 1.82) is 0 Å². The zero-order valence-electron chi connectivity index (χ0n) is 10.0. The molecule has 0 aromatic heterocycles. The van der Waals surface area contributed by atoms with Gasteiger partial charge in [0.2, 0.25) is 0 Å². The molecule has 1 N–H and O–H groups in total. The molecule has 3 heteroatoms. The van der Waals surface area contributed by atoms with Crippen LogP contribution >= 0.6 is 23.2 Å². The van der Waals surface area contributed by atoms with Gasteiger partial charge in [0.25, 0.3) is 0 Å². The van der Waals surface area contributed by atoms with E-state index in [1.54, 1.807) is 12.1 Å². The van der Waals surface area contributed by atoms with Gasteiger partial charge >= 0.3 is 0 Å². The van der Waals surface area contributed by atoms with Crippen LogP contribution in [0.1, 0.15) is 38.2 Å². The van der Waals surface area contributed by atoms with Crippen molar-refractivity contribution < 1.29 is 5.11 Å². The van der Waals surface area contributed by atoms with Gasteiger partial charge in [-0.25, -0.2) is 0 Å². The van der Waals surface area contributed by atoms with Crippen molar-refractivity contribution in [2.45, 2.75) is 44.6 Å². The normalized spacial score (nSPS) is 19.8. The Labute approximate surface area is 113 Å². The minimum absolute atomic E-state index is 0.572. The van der Waals surface area contributed by atoms with Crippen molar-refractivity contribution in [3.05, 3.63) is 33.8 Å². The van der Waals surface area contributed by atoms with Gasteiger partial charge in [-0.1, -0.05) is 42.5 Å². The summed E-state index contributed by atoms with van der Waals surface area (Å²) < 4.78 is 0. The molecular formula is C14H18Cl2O. The molecule has 94 valence electrons. The molecule has 0 bridgehead atoms.